The quantitative estimate of drug-likeness (QED) is 0.764. The van der Waals surface area contributed by atoms with Crippen molar-refractivity contribution < 1.29 is 5.21 Å². The zero-order valence-corrected chi connectivity index (χ0v) is 9.40. The summed E-state index contributed by atoms with van der Waals surface area (Å²) in [6.07, 6.45) is 0. The van der Waals surface area contributed by atoms with E-state index in [-0.39, 0.29) is 0 Å². The molecule has 0 atom stereocenters. The van der Waals surface area contributed by atoms with Gasteiger partial charge in [-0.05, 0) is 23.2 Å². The lowest BCUT2D eigenvalue weighted by atomic mass is 10.1. The van der Waals surface area contributed by atoms with Gasteiger partial charge in [-0.2, -0.15) is 5.06 Å². The summed E-state index contributed by atoms with van der Waals surface area (Å²) in [5.41, 5.74) is 4.02. The lowest BCUT2D eigenvalue weighted by Crippen LogP contribution is -2.14. The number of hydroxylamine groups is 2. The van der Waals surface area contributed by atoms with Gasteiger partial charge in [0.15, 0.2) is 0 Å². The smallest absolute Gasteiger partial charge is 0.0485 e. The van der Waals surface area contributed by atoms with Gasteiger partial charge in [0.1, 0.15) is 0 Å². The number of nitrogens with zero attached hydrogens (tertiary/aromatic N) is 2. The first-order valence-electron chi connectivity index (χ1n) is 5.42. The zero-order chi connectivity index (χ0) is 10.8. The second-order valence-corrected chi connectivity index (χ2v) is 4.22. The lowest BCUT2D eigenvalue weighted by molar-refractivity contribution is -0.0731. The summed E-state index contributed by atoms with van der Waals surface area (Å²) in [6, 6.07) is 6.49. The fourth-order valence-electron chi connectivity index (χ4n) is 2.10. The van der Waals surface area contributed by atoms with Crippen molar-refractivity contribution in [2.45, 2.75) is 26.6 Å². The minimum absolute atomic E-state index is 0.597. The molecule has 1 aliphatic heterocycles. The minimum Gasteiger partial charge on any atom is -0.314 e. The molecule has 0 fully saturated rings. The van der Waals surface area contributed by atoms with Gasteiger partial charge in [-0.3, -0.25) is 4.90 Å². The second-order valence-electron chi connectivity index (χ2n) is 4.22. The van der Waals surface area contributed by atoms with E-state index in [0.717, 1.165) is 19.6 Å². The molecular weight excluding hydrogens is 188 g/mol. The summed E-state index contributed by atoms with van der Waals surface area (Å²) in [4.78, 5) is 2.41. The number of fused-ring (bicyclic) bond motifs is 1. The molecule has 1 aromatic carbocycles. The molecule has 0 unspecified atom stereocenters. The number of hydrogen-bond donors (Lipinski definition) is 1. The summed E-state index contributed by atoms with van der Waals surface area (Å²) >= 11 is 0. The average molecular weight is 206 g/mol. The molecule has 1 aliphatic rings. The Balaban J connectivity index is 2.15. The highest BCUT2D eigenvalue weighted by Crippen LogP contribution is 2.23. The molecule has 2 rings (SSSR count). The van der Waals surface area contributed by atoms with Crippen LogP contribution in [0.1, 0.15) is 23.6 Å². The molecule has 82 valence electrons. The Morgan fingerprint density at radius 1 is 1.33 bits per heavy atom. The van der Waals surface area contributed by atoms with Gasteiger partial charge in [-0.25, -0.2) is 0 Å². The number of benzene rings is 1. The predicted octanol–water partition coefficient (Wildman–Crippen LogP) is 1.84. The van der Waals surface area contributed by atoms with Crippen LogP contribution in [0.3, 0.4) is 0 Å². The van der Waals surface area contributed by atoms with Gasteiger partial charge in [-0.1, -0.05) is 25.1 Å². The van der Waals surface area contributed by atoms with E-state index in [2.05, 4.69) is 30.0 Å². The Bertz CT molecular complexity index is 349. The van der Waals surface area contributed by atoms with E-state index < -0.39 is 0 Å². The van der Waals surface area contributed by atoms with Crippen LogP contribution in [0.2, 0.25) is 0 Å². The molecule has 1 N–H and O–H groups in total. The van der Waals surface area contributed by atoms with Crippen LogP contribution in [0.15, 0.2) is 18.2 Å². The third-order valence-electron chi connectivity index (χ3n) is 2.92. The van der Waals surface area contributed by atoms with Gasteiger partial charge in [0, 0.05) is 26.7 Å². The van der Waals surface area contributed by atoms with Gasteiger partial charge in [-0.15, -0.1) is 0 Å². The molecule has 3 nitrogen and oxygen atoms in total. The molecule has 0 amide bonds. The predicted molar refractivity (Wildman–Crippen MR) is 59.5 cm³/mol. The standard InChI is InChI=1S/C12H18N2O/c1-3-14-8-11-5-4-10(7-13(2)15)6-12(11)9-14/h4-6,15H,3,7-9H2,1-2H3. The maximum Gasteiger partial charge on any atom is 0.0485 e. The largest absolute Gasteiger partial charge is 0.314 e. The van der Waals surface area contributed by atoms with Crippen LogP contribution in [0.5, 0.6) is 0 Å². The van der Waals surface area contributed by atoms with Crippen molar-refractivity contribution in [2.75, 3.05) is 13.6 Å². The minimum atomic E-state index is 0.597. The van der Waals surface area contributed by atoms with Crippen LogP contribution in [0.4, 0.5) is 0 Å². The van der Waals surface area contributed by atoms with Crippen LogP contribution >= 0.6 is 0 Å². The highest BCUT2D eigenvalue weighted by atomic mass is 16.5. The summed E-state index contributed by atoms with van der Waals surface area (Å²) in [5.74, 6) is 0. The van der Waals surface area contributed by atoms with Crippen molar-refractivity contribution in [3.8, 4) is 0 Å². The maximum absolute atomic E-state index is 9.18. The van der Waals surface area contributed by atoms with E-state index in [4.69, 9.17) is 0 Å². The van der Waals surface area contributed by atoms with Gasteiger partial charge < -0.3 is 5.21 Å². The zero-order valence-electron chi connectivity index (χ0n) is 9.40. The monoisotopic (exact) mass is 206 g/mol. The van der Waals surface area contributed by atoms with E-state index in [1.807, 2.05) is 0 Å². The Morgan fingerprint density at radius 3 is 2.73 bits per heavy atom. The molecule has 3 heteroatoms. The molecule has 0 aromatic heterocycles. The van der Waals surface area contributed by atoms with Crippen molar-refractivity contribution in [2.24, 2.45) is 0 Å². The van der Waals surface area contributed by atoms with E-state index in [9.17, 15) is 5.21 Å². The lowest BCUT2D eigenvalue weighted by Gasteiger charge is -2.09. The van der Waals surface area contributed by atoms with E-state index in [0.29, 0.717) is 6.54 Å². The second kappa shape index (κ2) is 4.31. The normalized spacial score (nSPS) is 16.0. The molecule has 0 saturated carbocycles. The van der Waals surface area contributed by atoms with Gasteiger partial charge >= 0.3 is 0 Å². The average Bonchev–Trinajstić information content (AvgIpc) is 2.58. The van der Waals surface area contributed by atoms with Crippen molar-refractivity contribution in [1.29, 1.82) is 0 Å². The molecule has 0 spiro atoms. The van der Waals surface area contributed by atoms with Gasteiger partial charge in [0.05, 0.1) is 0 Å². The van der Waals surface area contributed by atoms with Crippen molar-refractivity contribution in [3.63, 3.8) is 0 Å². The van der Waals surface area contributed by atoms with E-state index in [1.54, 1.807) is 7.05 Å². The Morgan fingerprint density at radius 2 is 2.07 bits per heavy atom. The third kappa shape index (κ3) is 2.37. The van der Waals surface area contributed by atoms with Crippen LogP contribution in [0, 0.1) is 0 Å². The Kier molecular flexibility index (Phi) is 3.05. The Hall–Kier alpha value is -0.900. The summed E-state index contributed by atoms with van der Waals surface area (Å²) in [5, 5.41) is 10.4. The molecule has 1 aromatic rings. The van der Waals surface area contributed by atoms with Crippen LogP contribution in [0.25, 0.3) is 0 Å². The highest BCUT2D eigenvalue weighted by Gasteiger charge is 2.17. The van der Waals surface area contributed by atoms with Crippen LogP contribution in [-0.4, -0.2) is 28.8 Å². The Labute approximate surface area is 90.9 Å². The van der Waals surface area contributed by atoms with Crippen molar-refractivity contribution >= 4 is 0 Å². The summed E-state index contributed by atoms with van der Waals surface area (Å²) < 4.78 is 0. The summed E-state index contributed by atoms with van der Waals surface area (Å²) in [7, 11) is 1.67. The number of hydrogen-bond acceptors (Lipinski definition) is 3. The van der Waals surface area contributed by atoms with Crippen molar-refractivity contribution in [1.82, 2.24) is 9.96 Å². The van der Waals surface area contributed by atoms with E-state index in [1.165, 1.54) is 21.8 Å². The first-order valence-corrected chi connectivity index (χ1v) is 5.42. The SMILES string of the molecule is CCN1Cc2ccc(CN(C)O)cc2C1. The van der Waals surface area contributed by atoms with Crippen molar-refractivity contribution in [3.05, 3.63) is 34.9 Å². The first-order chi connectivity index (χ1) is 7.19. The number of rotatable bonds is 3. The highest BCUT2D eigenvalue weighted by molar-refractivity contribution is 5.34. The molecule has 0 bridgehead atoms. The molecule has 0 aliphatic carbocycles. The fourth-order valence-corrected chi connectivity index (χ4v) is 2.10. The molecular formula is C12H18N2O. The van der Waals surface area contributed by atoms with Crippen LogP contribution < -0.4 is 0 Å². The molecule has 1 heterocycles. The topological polar surface area (TPSA) is 26.7 Å². The first kappa shape index (κ1) is 10.6. The molecule has 15 heavy (non-hydrogen) atoms. The van der Waals surface area contributed by atoms with Crippen LogP contribution in [-0.2, 0) is 19.6 Å². The van der Waals surface area contributed by atoms with E-state index >= 15 is 0 Å². The summed E-state index contributed by atoms with van der Waals surface area (Å²) in [6.45, 7) is 6.01. The maximum atomic E-state index is 9.18. The van der Waals surface area contributed by atoms with Gasteiger partial charge in [0.2, 0.25) is 0 Å². The third-order valence-corrected chi connectivity index (χ3v) is 2.92. The van der Waals surface area contributed by atoms with Gasteiger partial charge in [0.25, 0.3) is 0 Å². The molecule has 0 saturated heterocycles. The fraction of sp³-hybridized carbons (Fsp3) is 0.500. The molecule has 0 radical (unpaired) electrons.